The molecule has 0 aliphatic heterocycles. The van der Waals surface area contributed by atoms with Crippen molar-refractivity contribution in [3.63, 3.8) is 0 Å². The molecule has 4 nitrogen and oxygen atoms in total. The van der Waals surface area contributed by atoms with Gasteiger partial charge in [-0.3, -0.25) is 0 Å². The first-order chi connectivity index (χ1) is 9.79. The van der Waals surface area contributed by atoms with Crippen molar-refractivity contribution in [3.05, 3.63) is 59.5 Å². The number of benzene rings is 1. The van der Waals surface area contributed by atoms with Gasteiger partial charge in [-0.1, -0.05) is 24.3 Å². The van der Waals surface area contributed by atoms with Crippen LogP contribution in [0.4, 0.5) is 0 Å². The second-order valence-electron chi connectivity index (χ2n) is 4.93. The van der Waals surface area contributed by atoms with Crippen molar-refractivity contribution in [2.24, 2.45) is 5.73 Å². The zero-order valence-electron chi connectivity index (χ0n) is 11.6. The monoisotopic (exact) mass is 266 g/mol. The maximum atomic E-state index is 5.70. The topological polar surface area (TPSA) is 56.7 Å². The van der Waals surface area contributed by atoms with E-state index in [1.807, 2.05) is 18.3 Å². The summed E-state index contributed by atoms with van der Waals surface area (Å²) in [5, 5.41) is 0. The molecule has 0 bridgehead atoms. The highest BCUT2D eigenvalue weighted by Gasteiger charge is 2.11. The molecule has 0 unspecified atom stereocenters. The average molecular weight is 266 g/mol. The van der Waals surface area contributed by atoms with Crippen LogP contribution in [-0.4, -0.2) is 21.1 Å². The normalized spacial score (nSPS) is 11.1. The van der Waals surface area contributed by atoms with Crippen molar-refractivity contribution in [3.8, 4) is 0 Å². The van der Waals surface area contributed by atoms with Crippen LogP contribution in [0.3, 0.4) is 0 Å². The second kappa shape index (κ2) is 5.43. The molecule has 4 heteroatoms. The SMILES string of the molecule is Cc1ccccc1Cn1c(CCN)nc2cccnc21. The predicted molar refractivity (Wildman–Crippen MR) is 80.6 cm³/mol. The van der Waals surface area contributed by atoms with E-state index in [1.165, 1.54) is 11.1 Å². The van der Waals surface area contributed by atoms with Crippen LogP contribution in [0.1, 0.15) is 17.0 Å². The minimum absolute atomic E-state index is 0.594. The Morgan fingerprint density at radius 1 is 1.15 bits per heavy atom. The molecule has 0 atom stereocenters. The van der Waals surface area contributed by atoms with Gasteiger partial charge in [0.05, 0.1) is 6.54 Å². The summed E-state index contributed by atoms with van der Waals surface area (Å²) in [5.74, 6) is 1.00. The standard InChI is InChI=1S/C16H18N4/c1-12-5-2-3-6-13(12)11-20-15(8-9-17)19-14-7-4-10-18-16(14)20/h2-7,10H,8-9,11,17H2,1H3. The number of hydrogen-bond acceptors (Lipinski definition) is 3. The third-order valence-electron chi connectivity index (χ3n) is 3.54. The summed E-state index contributed by atoms with van der Waals surface area (Å²) in [6.45, 7) is 3.51. The van der Waals surface area contributed by atoms with Crippen molar-refractivity contribution in [2.45, 2.75) is 19.9 Å². The van der Waals surface area contributed by atoms with Crippen LogP contribution >= 0.6 is 0 Å². The molecular formula is C16H18N4. The highest BCUT2D eigenvalue weighted by atomic mass is 15.1. The van der Waals surface area contributed by atoms with Crippen LogP contribution in [0, 0.1) is 6.92 Å². The van der Waals surface area contributed by atoms with Gasteiger partial charge in [0.25, 0.3) is 0 Å². The second-order valence-corrected chi connectivity index (χ2v) is 4.93. The minimum atomic E-state index is 0.594. The zero-order valence-corrected chi connectivity index (χ0v) is 11.6. The summed E-state index contributed by atoms with van der Waals surface area (Å²) in [5.41, 5.74) is 10.1. The molecule has 0 saturated carbocycles. The van der Waals surface area contributed by atoms with Crippen molar-refractivity contribution >= 4 is 11.2 Å². The number of hydrogen-bond donors (Lipinski definition) is 1. The number of rotatable bonds is 4. The largest absolute Gasteiger partial charge is 0.330 e. The number of nitrogens with zero attached hydrogens (tertiary/aromatic N) is 3. The van der Waals surface area contributed by atoms with Crippen LogP contribution in [0.2, 0.25) is 0 Å². The Morgan fingerprint density at radius 3 is 2.80 bits per heavy atom. The van der Waals surface area contributed by atoms with Gasteiger partial charge >= 0.3 is 0 Å². The highest BCUT2D eigenvalue weighted by molar-refractivity contribution is 5.71. The van der Waals surface area contributed by atoms with Crippen LogP contribution in [-0.2, 0) is 13.0 Å². The molecule has 0 spiro atoms. The van der Waals surface area contributed by atoms with Gasteiger partial charge in [0, 0.05) is 12.6 Å². The maximum Gasteiger partial charge on any atom is 0.160 e. The molecule has 102 valence electrons. The van der Waals surface area contributed by atoms with Gasteiger partial charge in [-0.2, -0.15) is 0 Å². The number of pyridine rings is 1. The van der Waals surface area contributed by atoms with E-state index in [9.17, 15) is 0 Å². The van der Waals surface area contributed by atoms with Crippen LogP contribution in [0.25, 0.3) is 11.2 Å². The Hall–Kier alpha value is -2.20. The Labute approximate surface area is 118 Å². The van der Waals surface area contributed by atoms with Gasteiger partial charge in [-0.05, 0) is 36.7 Å². The third-order valence-corrected chi connectivity index (χ3v) is 3.54. The summed E-state index contributed by atoms with van der Waals surface area (Å²) in [4.78, 5) is 9.12. The molecule has 3 rings (SSSR count). The molecule has 1 aromatic carbocycles. The number of fused-ring (bicyclic) bond motifs is 1. The molecule has 20 heavy (non-hydrogen) atoms. The van der Waals surface area contributed by atoms with Crippen molar-refractivity contribution < 1.29 is 0 Å². The first kappa shape index (κ1) is 12.8. The molecule has 2 N–H and O–H groups in total. The fourth-order valence-corrected chi connectivity index (χ4v) is 2.45. The van der Waals surface area contributed by atoms with Gasteiger partial charge in [0.2, 0.25) is 0 Å². The minimum Gasteiger partial charge on any atom is -0.330 e. The van der Waals surface area contributed by atoms with Crippen LogP contribution in [0.15, 0.2) is 42.6 Å². The van der Waals surface area contributed by atoms with Crippen molar-refractivity contribution in [1.29, 1.82) is 0 Å². The van der Waals surface area contributed by atoms with E-state index in [1.54, 1.807) is 0 Å². The first-order valence-corrected chi connectivity index (χ1v) is 6.84. The number of aromatic nitrogens is 3. The first-order valence-electron chi connectivity index (χ1n) is 6.84. The van der Waals surface area contributed by atoms with E-state index in [0.717, 1.165) is 30.0 Å². The van der Waals surface area contributed by atoms with Crippen LogP contribution < -0.4 is 5.73 Å². The molecule has 0 aliphatic carbocycles. The Kier molecular flexibility index (Phi) is 3.48. The van der Waals surface area contributed by atoms with E-state index < -0.39 is 0 Å². The molecule has 0 amide bonds. The van der Waals surface area contributed by atoms with E-state index >= 15 is 0 Å². The predicted octanol–water partition coefficient (Wildman–Crippen LogP) is 2.29. The molecule has 0 aliphatic rings. The highest BCUT2D eigenvalue weighted by Crippen LogP contribution is 2.17. The Bertz CT molecular complexity index is 730. The molecule has 3 aromatic rings. The summed E-state index contributed by atoms with van der Waals surface area (Å²) < 4.78 is 2.17. The van der Waals surface area contributed by atoms with E-state index in [0.29, 0.717) is 6.54 Å². The van der Waals surface area contributed by atoms with Crippen molar-refractivity contribution in [2.75, 3.05) is 6.54 Å². The fourth-order valence-electron chi connectivity index (χ4n) is 2.45. The van der Waals surface area contributed by atoms with Crippen molar-refractivity contribution in [1.82, 2.24) is 14.5 Å². The van der Waals surface area contributed by atoms with Crippen LogP contribution in [0.5, 0.6) is 0 Å². The quantitative estimate of drug-likeness (QED) is 0.788. The van der Waals surface area contributed by atoms with Gasteiger partial charge in [-0.15, -0.1) is 0 Å². The molecule has 2 aromatic heterocycles. The van der Waals surface area contributed by atoms with E-state index in [-0.39, 0.29) is 0 Å². The molecule has 2 heterocycles. The summed E-state index contributed by atoms with van der Waals surface area (Å²) in [6.07, 6.45) is 2.58. The third kappa shape index (κ3) is 2.30. The molecule has 0 saturated heterocycles. The maximum absolute atomic E-state index is 5.70. The van der Waals surface area contributed by atoms with Gasteiger partial charge in [0.15, 0.2) is 5.65 Å². The fraction of sp³-hybridized carbons (Fsp3) is 0.250. The Balaban J connectivity index is 2.09. The lowest BCUT2D eigenvalue weighted by molar-refractivity contribution is 0.726. The van der Waals surface area contributed by atoms with Gasteiger partial charge < -0.3 is 10.3 Å². The smallest absolute Gasteiger partial charge is 0.160 e. The summed E-state index contributed by atoms with van der Waals surface area (Å²) in [7, 11) is 0. The number of aryl methyl sites for hydroxylation is 1. The van der Waals surface area contributed by atoms with E-state index in [4.69, 9.17) is 5.73 Å². The van der Waals surface area contributed by atoms with Gasteiger partial charge in [0.1, 0.15) is 11.3 Å². The van der Waals surface area contributed by atoms with Gasteiger partial charge in [-0.25, -0.2) is 9.97 Å². The molecule has 0 radical (unpaired) electrons. The number of nitrogens with two attached hydrogens (primary N) is 1. The summed E-state index contributed by atoms with van der Waals surface area (Å²) in [6, 6.07) is 12.3. The lowest BCUT2D eigenvalue weighted by Crippen LogP contribution is -2.11. The lowest BCUT2D eigenvalue weighted by Gasteiger charge is -2.10. The van der Waals surface area contributed by atoms with E-state index in [2.05, 4.69) is 45.7 Å². The molecular weight excluding hydrogens is 248 g/mol. The average Bonchev–Trinajstić information content (AvgIpc) is 2.80. The lowest BCUT2D eigenvalue weighted by atomic mass is 10.1. The zero-order chi connectivity index (χ0) is 13.9. The molecule has 0 fully saturated rings. The summed E-state index contributed by atoms with van der Waals surface area (Å²) >= 11 is 0. The Morgan fingerprint density at radius 2 is 2.00 bits per heavy atom. The number of imidazole rings is 1.